The van der Waals surface area contributed by atoms with Crippen LogP contribution in [-0.4, -0.2) is 29.9 Å². The molecule has 8 heteroatoms. The van der Waals surface area contributed by atoms with Crippen LogP contribution in [-0.2, 0) is 10.8 Å². The van der Waals surface area contributed by atoms with Gasteiger partial charge in [-0.05, 0) is 159 Å². The van der Waals surface area contributed by atoms with Gasteiger partial charge in [0.1, 0.15) is 0 Å². The summed E-state index contributed by atoms with van der Waals surface area (Å²) < 4.78 is 4.97. The molecule has 0 bridgehead atoms. The average molecular weight is 1540 g/mol. The van der Waals surface area contributed by atoms with E-state index in [1.165, 1.54) is 146 Å². The predicted molar refractivity (Wildman–Crippen MR) is 487 cm³/mol. The number of hydrogen-bond donors (Lipinski definition) is 0. The zero-order chi connectivity index (χ0) is 77.6. The fraction of sp³-hybridized carbons (Fsp3) is 0.0182. The van der Waals surface area contributed by atoms with Gasteiger partial charge in [0, 0.05) is 73.7 Å². The molecule has 21 aromatic rings. The van der Waals surface area contributed by atoms with Crippen molar-refractivity contribution in [3.63, 3.8) is 0 Å². The van der Waals surface area contributed by atoms with E-state index in [-0.39, 0.29) is 0 Å². The summed E-state index contributed by atoms with van der Waals surface area (Å²) in [6, 6.07) is 145. The molecule has 17 aromatic carbocycles. The molecule has 0 N–H and O–H groups in total. The highest BCUT2D eigenvalue weighted by atomic mass is 32.1. The molecule has 4 aliphatic rings. The van der Waals surface area contributed by atoms with Crippen LogP contribution in [0, 0.1) is 0 Å². The van der Waals surface area contributed by atoms with E-state index >= 15 is 0 Å². The van der Waals surface area contributed by atoms with Crippen molar-refractivity contribution in [2.24, 2.45) is 0 Å². The summed E-state index contributed by atoms with van der Waals surface area (Å²) in [4.78, 5) is 31.8. The van der Waals surface area contributed by atoms with Crippen molar-refractivity contribution >= 4 is 63.0 Å². The first-order valence-electron chi connectivity index (χ1n) is 40.1. The zero-order valence-corrected chi connectivity index (χ0v) is 65.2. The minimum Gasteiger partial charge on any atom is -0.208 e. The highest BCUT2D eigenvalue weighted by Crippen LogP contribution is 2.65. The van der Waals surface area contributed by atoms with E-state index in [0.717, 1.165) is 50.1 Å². The Morgan fingerprint density at radius 2 is 0.441 bits per heavy atom. The molecule has 25 rings (SSSR count). The molecular weight excluding hydrogens is 1470 g/mol. The fourth-order valence-electron chi connectivity index (χ4n) is 19.8. The first-order chi connectivity index (χ1) is 58.5. The zero-order valence-electron chi connectivity index (χ0n) is 63.6. The van der Waals surface area contributed by atoms with Crippen molar-refractivity contribution in [3.8, 4) is 146 Å². The van der Waals surface area contributed by atoms with E-state index in [9.17, 15) is 0 Å². The van der Waals surface area contributed by atoms with Crippen LogP contribution in [0.15, 0.2) is 400 Å². The van der Waals surface area contributed by atoms with Crippen molar-refractivity contribution in [2.75, 3.05) is 0 Å². The van der Waals surface area contributed by atoms with E-state index in [0.29, 0.717) is 34.9 Å². The lowest BCUT2D eigenvalue weighted by molar-refractivity contribution is 0.775. The molecule has 0 atom stereocenters. The molecule has 0 radical (unpaired) electrons. The van der Waals surface area contributed by atoms with Crippen LogP contribution in [0.2, 0.25) is 0 Å². The standard InChI is InChI=1S/C58H35N3S.C52H31N3S/c1-2-15-36(16-3-1)37-17-14-18-38(33-37)55-59-56(61-57(60-55)40-30-32-48-47-24-9-13-28-53(47)62-54(48)35-40)39-29-31-46-45-23-8-12-27-51(45)58(52(46)34-39)49-25-10-6-21-43(49)41-19-4-5-20-42(41)44-22-7-11-26-50(44)58;1-2-15-32(16-3-1)49-53-50(33-29-30-39-38-21-9-13-28-46(38)56-47(39)31-33)55-51(54-49)41-23-14-27-45-48(41)40-22-8-12-26-44(40)52(45)42-24-10-6-19-36(42)34-17-4-5-18-35(34)37-20-7-11-25-43(37)52/h1-35H;1-31H. The summed E-state index contributed by atoms with van der Waals surface area (Å²) in [5.41, 5.74) is 31.7. The summed E-state index contributed by atoms with van der Waals surface area (Å²) in [5, 5.41) is 5.04. The predicted octanol–water partition coefficient (Wildman–Crippen LogP) is 28.2. The van der Waals surface area contributed by atoms with Gasteiger partial charge in [0.25, 0.3) is 0 Å². The minimum absolute atomic E-state index is 0.585. The molecule has 0 fully saturated rings. The van der Waals surface area contributed by atoms with Crippen LogP contribution >= 0.6 is 22.7 Å². The smallest absolute Gasteiger partial charge is 0.164 e. The summed E-state index contributed by atoms with van der Waals surface area (Å²) >= 11 is 3.61. The van der Waals surface area contributed by atoms with Crippen LogP contribution in [0.4, 0.5) is 0 Å². The number of rotatable bonds is 7. The van der Waals surface area contributed by atoms with E-state index < -0.39 is 10.8 Å². The number of aromatic nitrogens is 6. The van der Waals surface area contributed by atoms with Gasteiger partial charge in [-0.3, -0.25) is 0 Å². The second-order valence-corrected chi connectivity index (χ2v) is 33.1. The van der Waals surface area contributed by atoms with Crippen LogP contribution in [0.3, 0.4) is 0 Å². The molecule has 0 saturated carbocycles. The third-order valence-corrected chi connectivity index (χ3v) is 27.0. The number of thiophene rings is 2. The summed E-state index contributed by atoms with van der Waals surface area (Å²) in [5.74, 6) is 3.90. The first kappa shape index (κ1) is 67.7. The average Bonchev–Trinajstić information content (AvgIpc) is 1.52. The van der Waals surface area contributed by atoms with E-state index in [2.05, 4.69) is 382 Å². The topological polar surface area (TPSA) is 77.3 Å². The lowest BCUT2D eigenvalue weighted by atomic mass is 9.66. The van der Waals surface area contributed by atoms with Crippen LogP contribution in [0.25, 0.3) is 187 Å². The quantitative estimate of drug-likeness (QED) is 0.158. The first-order valence-corrected chi connectivity index (χ1v) is 41.8. The van der Waals surface area contributed by atoms with Gasteiger partial charge in [0.15, 0.2) is 34.9 Å². The molecule has 4 aromatic heterocycles. The Hall–Kier alpha value is -14.8. The lowest BCUT2D eigenvalue weighted by Crippen LogP contribution is -2.29. The number of fused-ring (bicyclic) bond motifs is 30. The van der Waals surface area contributed by atoms with Crippen LogP contribution in [0.5, 0.6) is 0 Å². The van der Waals surface area contributed by atoms with Gasteiger partial charge in [0.05, 0.1) is 10.8 Å². The molecule has 0 unspecified atom stereocenters. The van der Waals surface area contributed by atoms with Gasteiger partial charge in [-0.2, -0.15) is 0 Å². The van der Waals surface area contributed by atoms with Crippen molar-refractivity contribution in [2.45, 2.75) is 10.8 Å². The summed E-state index contributed by atoms with van der Waals surface area (Å²) in [7, 11) is 0. The Balaban J connectivity index is 0.000000135. The van der Waals surface area contributed by atoms with Gasteiger partial charge in [-0.25, -0.2) is 29.9 Å². The second-order valence-electron chi connectivity index (χ2n) is 30.9. The Labute approximate surface area is 689 Å². The molecule has 4 aliphatic carbocycles. The van der Waals surface area contributed by atoms with Crippen molar-refractivity contribution in [1.29, 1.82) is 0 Å². The lowest BCUT2D eigenvalue weighted by Gasteiger charge is -2.35. The number of benzene rings is 17. The van der Waals surface area contributed by atoms with E-state index in [1.807, 2.05) is 29.5 Å². The summed E-state index contributed by atoms with van der Waals surface area (Å²) in [6.45, 7) is 0. The Morgan fingerprint density at radius 1 is 0.153 bits per heavy atom. The molecule has 118 heavy (non-hydrogen) atoms. The molecule has 548 valence electrons. The molecular formula is C110H66N6S2. The number of nitrogens with zero attached hydrogens (tertiary/aromatic N) is 6. The molecule has 0 amide bonds. The molecule has 0 saturated heterocycles. The SMILES string of the molecule is c1ccc(-c2cccc(-c3nc(-c4ccc5c(c4)C4(c6ccccc6-c6ccccc6-c6ccccc64)c4ccccc4-5)nc(-c4ccc5c(c4)sc4ccccc45)n3)c2)cc1.c1ccc(-c2nc(-c3ccc4c(c3)sc3ccccc34)nc(-c3cccc4c3-c3ccccc3C43c4ccccc4-c4ccccc4-c4ccccc43)n2)cc1. The van der Waals surface area contributed by atoms with E-state index in [1.54, 1.807) is 11.3 Å². The minimum atomic E-state index is -0.608. The maximum Gasteiger partial charge on any atom is 0.164 e. The second kappa shape index (κ2) is 26.9. The van der Waals surface area contributed by atoms with Crippen molar-refractivity contribution in [3.05, 3.63) is 445 Å². The fourth-order valence-corrected chi connectivity index (χ4v) is 22.1. The van der Waals surface area contributed by atoms with E-state index in [4.69, 9.17) is 29.9 Å². The Bertz CT molecular complexity index is 7600. The Morgan fingerprint density at radius 3 is 0.915 bits per heavy atom. The summed E-state index contributed by atoms with van der Waals surface area (Å²) in [6.07, 6.45) is 0. The highest BCUT2D eigenvalue weighted by molar-refractivity contribution is 7.26. The number of hydrogen-bond acceptors (Lipinski definition) is 8. The van der Waals surface area contributed by atoms with Crippen molar-refractivity contribution < 1.29 is 0 Å². The monoisotopic (exact) mass is 1530 g/mol. The van der Waals surface area contributed by atoms with Gasteiger partial charge in [-0.15, -0.1) is 22.7 Å². The van der Waals surface area contributed by atoms with Gasteiger partial charge in [-0.1, -0.05) is 364 Å². The largest absolute Gasteiger partial charge is 0.208 e. The van der Waals surface area contributed by atoms with Gasteiger partial charge >= 0.3 is 0 Å². The van der Waals surface area contributed by atoms with Crippen LogP contribution < -0.4 is 0 Å². The molecule has 4 heterocycles. The van der Waals surface area contributed by atoms with Gasteiger partial charge < -0.3 is 0 Å². The molecule has 0 aliphatic heterocycles. The molecule has 2 spiro atoms. The third kappa shape index (κ3) is 10.3. The Kier molecular flexibility index (Phi) is 15.4. The molecule has 6 nitrogen and oxygen atoms in total. The third-order valence-electron chi connectivity index (χ3n) is 24.8. The maximum atomic E-state index is 5.37. The van der Waals surface area contributed by atoms with Gasteiger partial charge in [0.2, 0.25) is 0 Å². The maximum absolute atomic E-state index is 5.37. The van der Waals surface area contributed by atoms with Crippen molar-refractivity contribution in [1.82, 2.24) is 29.9 Å². The van der Waals surface area contributed by atoms with Crippen LogP contribution in [0.1, 0.15) is 44.5 Å². The highest BCUT2D eigenvalue weighted by Gasteiger charge is 2.52. The normalized spacial score (nSPS) is 13.1.